The highest BCUT2D eigenvalue weighted by molar-refractivity contribution is 6.42. The topological polar surface area (TPSA) is 38.3 Å². The van der Waals surface area contributed by atoms with E-state index in [0.717, 1.165) is 12.0 Å². The zero-order chi connectivity index (χ0) is 15.9. The van der Waals surface area contributed by atoms with Gasteiger partial charge in [-0.1, -0.05) is 53.0 Å². The fraction of sp³-hybridized carbons (Fsp3) is 0.188. The minimum absolute atomic E-state index is 0.110. The molecule has 3 nitrogen and oxygen atoms in total. The summed E-state index contributed by atoms with van der Waals surface area (Å²) < 4.78 is 5.35. The van der Waals surface area contributed by atoms with Gasteiger partial charge in [0.1, 0.15) is 10.8 Å². The molecular formula is C16H14Cl3NO2. The maximum absolute atomic E-state index is 11.7. The van der Waals surface area contributed by atoms with Gasteiger partial charge in [0, 0.05) is 11.6 Å². The number of hydrogen-bond donors (Lipinski definition) is 1. The van der Waals surface area contributed by atoms with Crippen molar-refractivity contribution >= 4 is 40.7 Å². The molecule has 0 heterocycles. The highest BCUT2D eigenvalue weighted by Crippen LogP contribution is 2.31. The number of hydrogen-bond acceptors (Lipinski definition) is 2. The largest absolute Gasteiger partial charge is 0.482 e. The van der Waals surface area contributed by atoms with Crippen molar-refractivity contribution in [3.05, 3.63) is 63.1 Å². The normalized spacial score (nSPS) is 10.3. The van der Waals surface area contributed by atoms with E-state index in [4.69, 9.17) is 39.5 Å². The van der Waals surface area contributed by atoms with Crippen LogP contribution < -0.4 is 10.1 Å². The lowest BCUT2D eigenvalue weighted by Crippen LogP contribution is -2.30. The summed E-state index contributed by atoms with van der Waals surface area (Å²) >= 11 is 17.7. The second-order valence-electron chi connectivity index (χ2n) is 4.57. The molecule has 2 rings (SSSR count). The van der Waals surface area contributed by atoms with Gasteiger partial charge < -0.3 is 10.1 Å². The molecular weight excluding hydrogens is 345 g/mol. The van der Waals surface area contributed by atoms with Crippen molar-refractivity contribution in [1.29, 1.82) is 0 Å². The molecule has 0 spiro atoms. The van der Waals surface area contributed by atoms with E-state index in [0.29, 0.717) is 27.4 Å². The molecule has 0 bridgehead atoms. The van der Waals surface area contributed by atoms with Crippen LogP contribution in [0.1, 0.15) is 5.56 Å². The summed E-state index contributed by atoms with van der Waals surface area (Å²) in [4.78, 5) is 11.7. The monoisotopic (exact) mass is 357 g/mol. The fourth-order valence-electron chi connectivity index (χ4n) is 1.79. The maximum atomic E-state index is 11.7. The Hall–Kier alpha value is -1.42. The van der Waals surface area contributed by atoms with Crippen LogP contribution in [0.2, 0.25) is 15.1 Å². The number of rotatable bonds is 6. The molecule has 0 saturated heterocycles. The van der Waals surface area contributed by atoms with Crippen molar-refractivity contribution < 1.29 is 9.53 Å². The third kappa shape index (κ3) is 5.09. The molecule has 1 N–H and O–H groups in total. The van der Waals surface area contributed by atoms with Gasteiger partial charge in [-0.05, 0) is 36.2 Å². The Kier molecular flexibility index (Phi) is 6.37. The molecule has 2 aromatic rings. The second-order valence-corrected chi connectivity index (χ2v) is 5.79. The summed E-state index contributed by atoms with van der Waals surface area (Å²) in [5.41, 5.74) is 1.10. The molecule has 0 aliphatic heterocycles. The van der Waals surface area contributed by atoms with E-state index in [9.17, 15) is 4.79 Å². The van der Waals surface area contributed by atoms with Crippen molar-refractivity contribution in [3.63, 3.8) is 0 Å². The molecule has 2 aromatic carbocycles. The quantitative estimate of drug-likeness (QED) is 0.832. The van der Waals surface area contributed by atoms with Gasteiger partial charge in [0.2, 0.25) is 0 Å². The lowest BCUT2D eigenvalue weighted by atomic mass is 10.1. The SMILES string of the molecule is O=C(COc1cccc(Cl)c1Cl)NCCc1ccc(Cl)cc1. The predicted molar refractivity (Wildman–Crippen MR) is 90.1 cm³/mol. The average molecular weight is 359 g/mol. The van der Waals surface area contributed by atoms with Crippen LogP contribution in [0.5, 0.6) is 5.75 Å². The molecule has 1 amide bonds. The number of ether oxygens (including phenoxy) is 1. The zero-order valence-corrected chi connectivity index (χ0v) is 13.9. The number of nitrogens with one attached hydrogen (secondary N) is 1. The van der Waals surface area contributed by atoms with Gasteiger partial charge in [0.05, 0.1) is 5.02 Å². The van der Waals surface area contributed by atoms with E-state index in [1.807, 2.05) is 24.3 Å². The van der Waals surface area contributed by atoms with Gasteiger partial charge in [0.15, 0.2) is 6.61 Å². The lowest BCUT2D eigenvalue weighted by Gasteiger charge is -2.09. The first-order valence-corrected chi connectivity index (χ1v) is 7.77. The first-order valence-electron chi connectivity index (χ1n) is 6.64. The molecule has 0 radical (unpaired) electrons. The third-order valence-electron chi connectivity index (χ3n) is 2.92. The van der Waals surface area contributed by atoms with Gasteiger partial charge in [-0.3, -0.25) is 4.79 Å². The summed E-state index contributed by atoms with van der Waals surface area (Å²) in [5, 5.41) is 4.17. The first kappa shape index (κ1) is 16.9. The van der Waals surface area contributed by atoms with Gasteiger partial charge in [-0.25, -0.2) is 0 Å². The number of carbonyl (C=O) groups excluding carboxylic acids is 1. The molecule has 116 valence electrons. The van der Waals surface area contributed by atoms with Crippen molar-refractivity contribution in [3.8, 4) is 5.75 Å². The van der Waals surface area contributed by atoms with Gasteiger partial charge in [0.25, 0.3) is 5.91 Å². The zero-order valence-electron chi connectivity index (χ0n) is 11.6. The van der Waals surface area contributed by atoms with Gasteiger partial charge in [-0.15, -0.1) is 0 Å². The summed E-state index contributed by atoms with van der Waals surface area (Å²) in [6.45, 7) is 0.410. The smallest absolute Gasteiger partial charge is 0.257 e. The molecule has 0 aliphatic carbocycles. The molecule has 0 aromatic heterocycles. The Bertz CT molecular complexity index is 644. The van der Waals surface area contributed by atoms with Gasteiger partial charge >= 0.3 is 0 Å². The molecule has 0 fully saturated rings. The van der Waals surface area contributed by atoms with E-state index < -0.39 is 0 Å². The van der Waals surface area contributed by atoms with E-state index in [-0.39, 0.29) is 12.5 Å². The van der Waals surface area contributed by atoms with Crippen LogP contribution in [0.15, 0.2) is 42.5 Å². The molecule has 0 aliphatic rings. The highest BCUT2D eigenvalue weighted by atomic mass is 35.5. The Balaban J connectivity index is 1.74. The Morgan fingerprint density at radius 2 is 1.77 bits per heavy atom. The van der Waals surface area contributed by atoms with E-state index in [1.54, 1.807) is 18.2 Å². The third-order valence-corrected chi connectivity index (χ3v) is 3.98. The second kappa shape index (κ2) is 8.28. The molecule has 0 saturated carbocycles. The van der Waals surface area contributed by atoms with Crippen molar-refractivity contribution in [2.24, 2.45) is 0 Å². The summed E-state index contributed by atoms with van der Waals surface area (Å²) in [6, 6.07) is 12.5. The minimum Gasteiger partial charge on any atom is -0.482 e. The molecule has 0 atom stereocenters. The minimum atomic E-state index is -0.218. The summed E-state index contributed by atoms with van der Waals surface area (Å²) in [6.07, 6.45) is 0.723. The van der Waals surface area contributed by atoms with Gasteiger partial charge in [-0.2, -0.15) is 0 Å². The highest BCUT2D eigenvalue weighted by Gasteiger charge is 2.08. The van der Waals surface area contributed by atoms with E-state index in [2.05, 4.69) is 5.32 Å². The standard InChI is InChI=1S/C16H14Cl3NO2/c17-12-6-4-11(5-7-12)8-9-20-15(21)10-22-14-3-1-2-13(18)16(14)19/h1-7H,8-10H2,(H,20,21). The maximum Gasteiger partial charge on any atom is 0.257 e. The number of carbonyl (C=O) groups is 1. The van der Waals surface area contributed by atoms with Crippen LogP contribution in [-0.4, -0.2) is 19.1 Å². The van der Waals surface area contributed by atoms with E-state index in [1.165, 1.54) is 0 Å². The van der Waals surface area contributed by atoms with Crippen LogP contribution >= 0.6 is 34.8 Å². The Morgan fingerprint density at radius 1 is 1.05 bits per heavy atom. The molecule has 22 heavy (non-hydrogen) atoms. The number of benzene rings is 2. The first-order chi connectivity index (χ1) is 10.6. The molecule has 0 unspecified atom stereocenters. The summed E-state index contributed by atoms with van der Waals surface area (Å²) in [5.74, 6) is 0.173. The fourth-order valence-corrected chi connectivity index (χ4v) is 2.26. The van der Waals surface area contributed by atoms with Crippen LogP contribution in [0.3, 0.4) is 0 Å². The Labute approximate surface area is 144 Å². The van der Waals surface area contributed by atoms with Crippen LogP contribution in [-0.2, 0) is 11.2 Å². The van der Waals surface area contributed by atoms with Crippen molar-refractivity contribution in [1.82, 2.24) is 5.32 Å². The summed E-state index contributed by atoms with van der Waals surface area (Å²) in [7, 11) is 0. The number of halogens is 3. The van der Waals surface area contributed by atoms with Crippen LogP contribution in [0.4, 0.5) is 0 Å². The predicted octanol–water partition coefficient (Wildman–Crippen LogP) is 4.38. The lowest BCUT2D eigenvalue weighted by molar-refractivity contribution is -0.123. The Morgan fingerprint density at radius 3 is 2.50 bits per heavy atom. The van der Waals surface area contributed by atoms with Crippen molar-refractivity contribution in [2.75, 3.05) is 13.2 Å². The number of amides is 1. The van der Waals surface area contributed by atoms with E-state index >= 15 is 0 Å². The molecule has 6 heteroatoms. The van der Waals surface area contributed by atoms with Crippen molar-refractivity contribution in [2.45, 2.75) is 6.42 Å². The van der Waals surface area contributed by atoms with Crippen LogP contribution in [0.25, 0.3) is 0 Å². The van der Waals surface area contributed by atoms with Crippen LogP contribution in [0, 0.1) is 0 Å². The average Bonchev–Trinajstić information content (AvgIpc) is 2.51.